The van der Waals surface area contributed by atoms with Crippen molar-refractivity contribution < 1.29 is 17.9 Å². The molecule has 1 aliphatic heterocycles. The fourth-order valence-electron chi connectivity index (χ4n) is 1.65. The van der Waals surface area contributed by atoms with E-state index in [0.717, 1.165) is 5.57 Å². The largest absolute Gasteiger partial charge is 0.470 e. The van der Waals surface area contributed by atoms with Crippen LogP contribution in [0.5, 0.6) is 0 Å². The maximum Gasteiger partial charge on any atom is 0.422 e. The number of alkyl halides is 3. The Bertz CT molecular complexity index is 263. The molecular formula is C10H17F3N2O. The van der Waals surface area contributed by atoms with Crippen molar-refractivity contribution in [2.45, 2.75) is 25.9 Å². The summed E-state index contributed by atoms with van der Waals surface area (Å²) in [7, 11) is 0. The molecule has 1 aliphatic rings. The summed E-state index contributed by atoms with van der Waals surface area (Å²) in [5, 5.41) is 2.87. The number of allylic oxidation sites excluding steroid dienone is 1. The summed E-state index contributed by atoms with van der Waals surface area (Å²) in [6.45, 7) is 1.76. The normalized spacial score (nSPS) is 21.9. The summed E-state index contributed by atoms with van der Waals surface area (Å²) >= 11 is 0. The summed E-state index contributed by atoms with van der Waals surface area (Å²) in [6, 6.07) is 0. The summed E-state index contributed by atoms with van der Waals surface area (Å²) in [4.78, 5) is 0. The zero-order chi connectivity index (χ0) is 12.2. The number of nitrogens with two attached hydrogens (primary N) is 1. The lowest BCUT2D eigenvalue weighted by molar-refractivity contribution is -0.166. The molecule has 0 spiro atoms. The van der Waals surface area contributed by atoms with Gasteiger partial charge in [-0.05, 0) is 30.9 Å². The van der Waals surface area contributed by atoms with E-state index in [1.807, 2.05) is 6.92 Å². The molecule has 1 unspecified atom stereocenters. The zero-order valence-electron chi connectivity index (χ0n) is 9.23. The van der Waals surface area contributed by atoms with E-state index < -0.39 is 12.8 Å². The Balaban J connectivity index is 2.59. The fourth-order valence-corrected chi connectivity index (χ4v) is 1.65. The van der Waals surface area contributed by atoms with E-state index in [-0.39, 0.29) is 11.8 Å². The van der Waals surface area contributed by atoms with Gasteiger partial charge in [0.2, 0.25) is 0 Å². The Morgan fingerprint density at radius 3 is 2.69 bits per heavy atom. The van der Waals surface area contributed by atoms with Crippen molar-refractivity contribution in [3.8, 4) is 0 Å². The molecule has 1 rings (SSSR count). The average Bonchev–Trinajstić information content (AvgIpc) is 2.25. The number of hydrogen-bond donors (Lipinski definition) is 2. The van der Waals surface area contributed by atoms with Crippen LogP contribution in [0.1, 0.15) is 19.8 Å². The molecule has 0 saturated carbocycles. The monoisotopic (exact) mass is 238 g/mol. The van der Waals surface area contributed by atoms with Gasteiger partial charge in [-0.25, -0.2) is 0 Å². The molecule has 0 bridgehead atoms. The lowest BCUT2D eigenvalue weighted by Crippen LogP contribution is -2.35. The lowest BCUT2D eigenvalue weighted by Gasteiger charge is -2.27. The maximum atomic E-state index is 12.0. The summed E-state index contributed by atoms with van der Waals surface area (Å²) in [6.07, 6.45) is -2.90. The Morgan fingerprint density at radius 2 is 2.19 bits per heavy atom. The maximum absolute atomic E-state index is 12.0. The molecule has 16 heavy (non-hydrogen) atoms. The highest BCUT2D eigenvalue weighted by Gasteiger charge is 2.30. The molecule has 0 amide bonds. The molecule has 0 aromatic carbocycles. The van der Waals surface area contributed by atoms with Crippen molar-refractivity contribution in [1.82, 2.24) is 5.32 Å². The predicted octanol–water partition coefficient (Wildman–Crippen LogP) is 1.76. The first-order valence-corrected chi connectivity index (χ1v) is 5.31. The van der Waals surface area contributed by atoms with Crippen LogP contribution in [-0.2, 0) is 4.74 Å². The van der Waals surface area contributed by atoms with Gasteiger partial charge >= 0.3 is 6.18 Å². The summed E-state index contributed by atoms with van der Waals surface area (Å²) in [5.74, 6) is 0.567. The molecule has 0 aromatic heterocycles. The third-order valence-corrected chi connectivity index (χ3v) is 2.55. The first-order chi connectivity index (χ1) is 7.46. The fraction of sp³-hybridized carbons (Fsp3) is 0.800. The lowest BCUT2D eigenvalue weighted by atomic mass is 9.95. The number of rotatable bonds is 4. The first kappa shape index (κ1) is 13.2. The number of hydrogen-bond acceptors (Lipinski definition) is 3. The van der Waals surface area contributed by atoms with Crippen LogP contribution in [0.4, 0.5) is 13.2 Å². The molecular weight excluding hydrogens is 221 g/mol. The van der Waals surface area contributed by atoms with Gasteiger partial charge in [0.1, 0.15) is 0 Å². The number of nitrogens with one attached hydrogen (secondary N) is 1. The zero-order valence-corrected chi connectivity index (χ0v) is 9.23. The second-order valence-corrected chi connectivity index (χ2v) is 3.88. The van der Waals surface area contributed by atoms with Gasteiger partial charge in [-0.3, -0.25) is 0 Å². The van der Waals surface area contributed by atoms with E-state index in [0.29, 0.717) is 25.9 Å². The topological polar surface area (TPSA) is 47.3 Å². The van der Waals surface area contributed by atoms with Crippen molar-refractivity contribution in [3.63, 3.8) is 0 Å². The van der Waals surface area contributed by atoms with E-state index in [4.69, 9.17) is 10.5 Å². The van der Waals surface area contributed by atoms with Crippen LogP contribution in [0.3, 0.4) is 0 Å². The second-order valence-electron chi connectivity index (χ2n) is 3.88. The smallest absolute Gasteiger partial charge is 0.422 e. The van der Waals surface area contributed by atoms with Gasteiger partial charge < -0.3 is 15.8 Å². The predicted molar refractivity (Wildman–Crippen MR) is 54.5 cm³/mol. The highest BCUT2D eigenvalue weighted by Crippen LogP contribution is 2.24. The van der Waals surface area contributed by atoms with Crippen LogP contribution in [0, 0.1) is 5.92 Å². The highest BCUT2D eigenvalue weighted by atomic mass is 19.4. The third kappa shape index (κ3) is 3.92. The Kier molecular flexibility index (Phi) is 4.46. The van der Waals surface area contributed by atoms with Crippen LogP contribution in [0.25, 0.3) is 0 Å². The molecule has 0 aliphatic carbocycles. The van der Waals surface area contributed by atoms with E-state index in [9.17, 15) is 13.2 Å². The van der Waals surface area contributed by atoms with Crippen molar-refractivity contribution >= 4 is 0 Å². The van der Waals surface area contributed by atoms with Crippen molar-refractivity contribution in [2.75, 3.05) is 19.7 Å². The quantitative estimate of drug-likeness (QED) is 0.784. The standard InChI is InChI=1S/C10H17F3N2O/c1-2-8-3-7(4-14)5-15-9(8)16-6-10(11,12)13/h7,15H,2-6,14H2,1H3. The van der Waals surface area contributed by atoms with Gasteiger partial charge in [-0.1, -0.05) is 6.92 Å². The Morgan fingerprint density at radius 1 is 1.50 bits per heavy atom. The van der Waals surface area contributed by atoms with E-state index in [1.54, 1.807) is 0 Å². The minimum Gasteiger partial charge on any atom is -0.470 e. The van der Waals surface area contributed by atoms with Crippen molar-refractivity contribution in [1.29, 1.82) is 0 Å². The minimum absolute atomic E-state index is 0.282. The van der Waals surface area contributed by atoms with E-state index >= 15 is 0 Å². The SMILES string of the molecule is CCC1=C(OCC(F)(F)F)NCC(CN)C1. The van der Waals surface area contributed by atoms with Crippen LogP contribution < -0.4 is 11.1 Å². The average molecular weight is 238 g/mol. The molecule has 0 fully saturated rings. The molecule has 0 radical (unpaired) electrons. The first-order valence-electron chi connectivity index (χ1n) is 5.31. The second kappa shape index (κ2) is 5.43. The number of ether oxygens (including phenoxy) is 1. The van der Waals surface area contributed by atoms with Crippen molar-refractivity contribution in [2.24, 2.45) is 11.7 Å². The molecule has 0 saturated heterocycles. The van der Waals surface area contributed by atoms with Gasteiger partial charge in [0, 0.05) is 6.54 Å². The van der Waals surface area contributed by atoms with Crippen molar-refractivity contribution in [3.05, 3.63) is 11.5 Å². The highest BCUT2D eigenvalue weighted by molar-refractivity contribution is 5.11. The molecule has 1 heterocycles. The van der Waals surface area contributed by atoms with E-state index in [1.165, 1.54) is 0 Å². The van der Waals surface area contributed by atoms with Crippen LogP contribution >= 0.6 is 0 Å². The third-order valence-electron chi connectivity index (χ3n) is 2.55. The molecule has 1 atom stereocenters. The minimum atomic E-state index is -4.29. The van der Waals surface area contributed by atoms with Crippen LogP contribution in [0.15, 0.2) is 11.5 Å². The number of halogens is 3. The van der Waals surface area contributed by atoms with Gasteiger partial charge in [0.05, 0.1) is 0 Å². The molecule has 3 nitrogen and oxygen atoms in total. The van der Waals surface area contributed by atoms with E-state index in [2.05, 4.69) is 5.32 Å². The van der Waals surface area contributed by atoms with Gasteiger partial charge in [0.15, 0.2) is 12.5 Å². The van der Waals surface area contributed by atoms with Gasteiger partial charge in [0.25, 0.3) is 0 Å². The summed E-state index contributed by atoms with van der Waals surface area (Å²) in [5.41, 5.74) is 6.41. The molecule has 94 valence electrons. The Labute approximate surface area is 92.8 Å². The molecule has 6 heteroatoms. The van der Waals surface area contributed by atoms with Gasteiger partial charge in [-0.2, -0.15) is 13.2 Å². The van der Waals surface area contributed by atoms with Gasteiger partial charge in [-0.15, -0.1) is 0 Å². The molecule has 0 aromatic rings. The summed E-state index contributed by atoms with van der Waals surface area (Å²) < 4.78 is 40.7. The molecule has 3 N–H and O–H groups in total. The van der Waals surface area contributed by atoms with Crippen LogP contribution in [0.2, 0.25) is 0 Å². The van der Waals surface area contributed by atoms with Crippen LogP contribution in [-0.4, -0.2) is 25.9 Å². The Hall–Kier alpha value is -0.910.